The predicted molar refractivity (Wildman–Crippen MR) is 84.0 cm³/mol. The van der Waals surface area contributed by atoms with Crippen molar-refractivity contribution < 1.29 is 0 Å². The maximum atomic E-state index is 11.9. The Kier molecular flexibility index (Phi) is 3.73. The van der Waals surface area contributed by atoms with E-state index < -0.39 is 11.2 Å². The molecular weight excluding hydrogens is 284 g/mol. The monoisotopic (exact) mass is 302 g/mol. The normalized spacial score (nSPS) is 18.3. The third-order valence-corrected chi connectivity index (χ3v) is 3.82. The van der Waals surface area contributed by atoms with Crippen molar-refractivity contribution >= 4 is 17.1 Å². The zero-order valence-corrected chi connectivity index (χ0v) is 12.6. The molecule has 0 aliphatic carbocycles. The van der Waals surface area contributed by atoms with Gasteiger partial charge in [-0.05, 0) is 6.92 Å². The van der Waals surface area contributed by atoms with Crippen LogP contribution in [0.5, 0.6) is 0 Å². The molecule has 0 aromatic carbocycles. The lowest BCUT2D eigenvalue weighted by molar-refractivity contribution is 0.460. The van der Waals surface area contributed by atoms with Crippen molar-refractivity contribution in [1.29, 1.82) is 0 Å². The average Bonchev–Trinajstić information content (AvgIpc) is 2.97. The van der Waals surface area contributed by atoms with Gasteiger partial charge in [0, 0.05) is 39.1 Å². The van der Waals surface area contributed by atoms with Crippen LogP contribution in [0.25, 0.3) is 11.2 Å². The van der Waals surface area contributed by atoms with E-state index in [4.69, 9.17) is 0 Å². The lowest BCUT2D eigenvalue weighted by Crippen LogP contribution is -2.51. The van der Waals surface area contributed by atoms with E-state index in [0.29, 0.717) is 17.1 Å². The Labute approximate surface area is 126 Å². The molecule has 116 valence electrons. The van der Waals surface area contributed by atoms with Crippen LogP contribution in [0.1, 0.15) is 13.3 Å². The number of H-pyrrole nitrogens is 2. The topological polar surface area (TPSA) is 98.8 Å². The third-order valence-electron chi connectivity index (χ3n) is 3.82. The molecule has 0 saturated carbocycles. The fourth-order valence-corrected chi connectivity index (χ4v) is 2.62. The Morgan fingerprint density at radius 1 is 1.36 bits per heavy atom. The van der Waals surface area contributed by atoms with E-state index in [1.165, 1.54) is 4.57 Å². The minimum Gasteiger partial charge on any atom is -0.339 e. The highest BCUT2D eigenvalue weighted by molar-refractivity contribution is 5.72. The van der Waals surface area contributed by atoms with Crippen LogP contribution in [0.3, 0.4) is 0 Å². The molecule has 0 amide bonds. The van der Waals surface area contributed by atoms with Crippen molar-refractivity contribution in [3.63, 3.8) is 0 Å². The van der Waals surface area contributed by atoms with Gasteiger partial charge >= 0.3 is 5.69 Å². The number of imidazole rings is 1. The molecular formula is C14H18N6O2. The number of aryl methyl sites for hydroxylation is 1. The minimum absolute atomic E-state index is 0.261. The molecule has 0 radical (unpaired) electrons. The summed E-state index contributed by atoms with van der Waals surface area (Å²) in [6.45, 7) is 4.18. The standard InChI is InChI=1S/C14H18N6O2/c1-3-4-5-9-8-20(7-6-15-9)13-16-10-11(17-13)19(2)14(22)18-12(10)21/h9,15H,5-8H2,1-2H3,(H,16,17)(H,18,21,22). The molecule has 2 aromatic heterocycles. The number of piperazine rings is 1. The molecule has 22 heavy (non-hydrogen) atoms. The van der Waals surface area contributed by atoms with E-state index in [9.17, 15) is 9.59 Å². The van der Waals surface area contributed by atoms with Crippen LogP contribution in [-0.2, 0) is 7.05 Å². The van der Waals surface area contributed by atoms with Crippen LogP contribution in [0.15, 0.2) is 9.59 Å². The summed E-state index contributed by atoms with van der Waals surface area (Å²) < 4.78 is 1.33. The third kappa shape index (κ3) is 2.51. The minimum atomic E-state index is -0.466. The first-order valence-corrected chi connectivity index (χ1v) is 7.17. The summed E-state index contributed by atoms with van der Waals surface area (Å²) in [5.74, 6) is 6.58. The summed E-state index contributed by atoms with van der Waals surface area (Å²) in [5, 5.41) is 3.41. The van der Waals surface area contributed by atoms with Gasteiger partial charge in [0.2, 0.25) is 5.95 Å². The van der Waals surface area contributed by atoms with E-state index in [2.05, 4.69) is 37.0 Å². The highest BCUT2D eigenvalue weighted by Gasteiger charge is 2.22. The quantitative estimate of drug-likeness (QED) is 0.627. The van der Waals surface area contributed by atoms with E-state index in [1.807, 2.05) is 6.92 Å². The maximum absolute atomic E-state index is 11.9. The molecule has 0 spiro atoms. The highest BCUT2D eigenvalue weighted by atomic mass is 16.2. The van der Waals surface area contributed by atoms with Crippen LogP contribution < -0.4 is 21.5 Å². The second-order valence-corrected chi connectivity index (χ2v) is 5.31. The molecule has 1 aliphatic rings. The van der Waals surface area contributed by atoms with Gasteiger partial charge in [-0.3, -0.25) is 14.3 Å². The molecule has 3 N–H and O–H groups in total. The van der Waals surface area contributed by atoms with Gasteiger partial charge in [-0.15, -0.1) is 11.8 Å². The molecule has 1 saturated heterocycles. The van der Waals surface area contributed by atoms with Gasteiger partial charge in [0.1, 0.15) is 0 Å². The molecule has 1 fully saturated rings. The Morgan fingerprint density at radius 2 is 2.18 bits per heavy atom. The van der Waals surface area contributed by atoms with Crippen molar-refractivity contribution in [3.8, 4) is 11.8 Å². The number of fused-ring (bicyclic) bond motifs is 1. The summed E-state index contributed by atoms with van der Waals surface area (Å²) >= 11 is 0. The van der Waals surface area contributed by atoms with Gasteiger partial charge in [-0.1, -0.05) is 0 Å². The summed E-state index contributed by atoms with van der Waals surface area (Å²) in [6, 6.07) is 0.261. The maximum Gasteiger partial charge on any atom is 0.329 e. The summed E-state index contributed by atoms with van der Waals surface area (Å²) in [6.07, 6.45) is 0.770. The Balaban J connectivity index is 1.94. The van der Waals surface area contributed by atoms with Gasteiger partial charge in [0.15, 0.2) is 11.2 Å². The van der Waals surface area contributed by atoms with E-state index in [0.717, 1.165) is 26.1 Å². The SMILES string of the molecule is CC#CCC1CN(c2nc3c([nH]2)c(=O)[nH]c(=O)n3C)CCN1. The lowest BCUT2D eigenvalue weighted by atomic mass is 10.1. The first kappa shape index (κ1) is 14.4. The number of rotatable bonds is 2. The molecule has 2 aromatic rings. The molecule has 3 heterocycles. The average molecular weight is 302 g/mol. The van der Waals surface area contributed by atoms with E-state index >= 15 is 0 Å². The molecule has 1 aliphatic heterocycles. The van der Waals surface area contributed by atoms with Gasteiger partial charge in [-0.2, -0.15) is 4.98 Å². The van der Waals surface area contributed by atoms with Crippen molar-refractivity contribution in [2.75, 3.05) is 24.5 Å². The van der Waals surface area contributed by atoms with Gasteiger partial charge in [0.05, 0.1) is 0 Å². The zero-order valence-electron chi connectivity index (χ0n) is 12.6. The number of hydrogen-bond donors (Lipinski definition) is 3. The number of nitrogens with zero attached hydrogens (tertiary/aromatic N) is 3. The number of anilines is 1. The van der Waals surface area contributed by atoms with Crippen LogP contribution in [0, 0.1) is 11.8 Å². The largest absolute Gasteiger partial charge is 0.339 e. The Bertz CT molecular complexity index is 865. The van der Waals surface area contributed by atoms with Crippen molar-refractivity contribution in [2.45, 2.75) is 19.4 Å². The summed E-state index contributed by atoms with van der Waals surface area (Å²) in [7, 11) is 1.59. The summed E-state index contributed by atoms with van der Waals surface area (Å²) in [4.78, 5) is 35.3. The Hall–Kier alpha value is -2.53. The molecule has 0 bridgehead atoms. The van der Waals surface area contributed by atoms with Crippen molar-refractivity contribution in [1.82, 2.24) is 24.8 Å². The zero-order chi connectivity index (χ0) is 15.7. The second kappa shape index (κ2) is 5.69. The fourth-order valence-electron chi connectivity index (χ4n) is 2.62. The van der Waals surface area contributed by atoms with Gasteiger partial charge in [-0.25, -0.2) is 4.79 Å². The van der Waals surface area contributed by atoms with E-state index in [-0.39, 0.29) is 6.04 Å². The summed E-state index contributed by atoms with van der Waals surface area (Å²) in [5.41, 5.74) is -0.222. The Morgan fingerprint density at radius 3 is 2.95 bits per heavy atom. The molecule has 8 nitrogen and oxygen atoms in total. The second-order valence-electron chi connectivity index (χ2n) is 5.31. The smallest absolute Gasteiger partial charge is 0.329 e. The first-order chi connectivity index (χ1) is 10.6. The van der Waals surface area contributed by atoms with Gasteiger partial charge < -0.3 is 15.2 Å². The van der Waals surface area contributed by atoms with E-state index in [1.54, 1.807) is 7.05 Å². The van der Waals surface area contributed by atoms with Gasteiger partial charge in [0.25, 0.3) is 5.56 Å². The predicted octanol–water partition coefficient (Wildman–Crippen LogP) is -0.858. The molecule has 8 heteroatoms. The molecule has 1 unspecified atom stereocenters. The van der Waals surface area contributed by atoms with Crippen molar-refractivity contribution in [3.05, 3.63) is 20.8 Å². The van der Waals surface area contributed by atoms with Crippen molar-refractivity contribution in [2.24, 2.45) is 7.05 Å². The highest BCUT2D eigenvalue weighted by Crippen LogP contribution is 2.15. The number of hydrogen-bond acceptors (Lipinski definition) is 5. The molecule has 1 atom stereocenters. The first-order valence-electron chi connectivity index (χ1n) is 7.17. The number of nitrogens with one attached hydrogen (secondary N) is 3. The fraction of sp³-hybridized carbons (Fsp3) is 0.500. The number of aromatic amines is 2. The van der Waals surface area contributed by atoms with Crippen LogP contribution in [0.2, 0.25) is 0 Å². The van der Waals surface area contributed by atoms with Crippen LogP contribution in [0.4, 0.5) is 5.95 Å². The van der Waals surface area contributed by atoms with Crippen LogP contribution in [-0.4, -0.2) is 45.2 Å². The lowest BCUT2D eigenvalue weighted by Gasteiger charge is -2.32. The molecule has 3 rings (SSSR count). The van der Waals surface area contributed by atoms with Crippen LogP contribution >= 0.6 is 0 Å². The number of aromatic nitrogens is 4.